The summed E-state index contributed by atoms with van der Waals surface area (Å²) in [5.41, 5.74) is 0. The molecule has 7 heteroatoms. The van der Waals surface area contributed by atoms with E-state index in [0.717, 1.165) is 24.2 Å². The molecule has 0 bridgehead atoms. The topological polar surface area (TPSA) is 74.7 Å². The Labute approximate surface area is 104 Å². The van der Waals surface area contributed by atoms with E-state index in [4.69, 9.17) is 5.11 Å². The molecule has 0 radical (unpaired) electrons. The lowest BCUT2D eigenvalue weighted by molar-refractivity contribution is 0.0702. The Bertz CT molecular complexity index is 530. The van der Waals surface area contributed by atoms with Gasteiger partial charge >= 0.3 is 5.97 Å². The molecule has 0 atom stereocenters. The molecule has 1 aromatic heterocycles. The van der Waals surface area contributed by atoms with Crippen LogP contribution in [0.2, 0.25) is 0 Å². The third-order valence-electron chi connectivity index (χ3n) is 2.66. The molecule has 1 fully saturated rings. The molecule has 0 spiro atoms. The van der Waals surface area contributed by atoms with Crippen LogP contribution in [0.3, 0.4) is 0 Å². The Morgan fingerprint density at radius 1 is 1.59 bits per heavy atom. The molecule has 94 valence electrons. The van der Waals surface area contributed by atoms with Crippen molar-refractivity contribution >= 4 is 27.3 Å². The summed E-state index contributed by atoms with van der Waals surface area (Å²) in [5.74, 6) is -1.09. The third-order valence-corrected chi connectivity index (χ3v) is 5.73. The summed E-state index contributed by atoms with van der Waals surface area (Å²) >= 11 is 0.939. The third kappa shape index (κ3) is 2.36. The highest BCUT2D eigenvalue weighted by molar-refractivity contribution is 7.89. The lowest BCUT2D eigenvalue weighted by atomic mass is 10.5. The minimum absolute atomic E-state index is 0.0513. The van der Waals surface area contributed by atoms with Gasteiger partial charge in [0, 0.05) is 18.0 Å². The fraction of sp³-hybridized carbons (Fsp3) is 0.500. The van der Waals surface area contributed by atoms with Gasteiger partial charge in [0.15, 0.2) is 0 Å². The number of nitrogens with zero attached hydrogens (tertiary/aromatic N) is 1. The molecule has 5 nitrogen and oxygen atoms in total. The molecular formula is C10H13NO4S2. The van der Waals surface area contributed by atoms with Crippen LogP contribution >= 0.6 is 11.3 Å². The Balaban J connectivity index is 2.32. The van der Waals surface area contributed by atoms with Crippen molar-refractivity contribution in [3.63, 3.8) is 0 Å². The SMILES string of the molecule is CCN(C1CC1)S(=O)(=O)c1csc(C(=O)O)c1. The Morgan fingerprint density at radius 2 is 2.24 bits per heavy atom. The Morgan fingerprint density at radius 3 is 2.65 bits per heavy atom. The molecule has 1 aliphatic rings. The lowest BCUT2D eigenvalue weighted by Gasteiger charge is -2.18. The van der Waals surface area contributed by atoms with Gasteiger partial charge in [-0.1, -0.05) is 6.92 Å². The van der Waals surface area contributed by atoms with Crippen molar-refractivity contribution in [2.75, 3.05) is 6.54 Å². The first kappa shape index (κ1) is 12.5. The number of thiophene rings is 1. The maximum atomic E-state index is 12.2. The summed E-state index contributed by atoms with van der Waals surface area (Å²) in [6.07, 6.45) is 1.78. The fourth-order valence-electron chi connectivity index (χ4n) is 1.69. The van der Waals surface area contributed by atoms with E-state index in [-0.39, 0.29) is 15.8 Å². The van der Waals surface area contributed by atoms with E-state index in [2.05, 4.69) is 0 Å². The van der Waals surface area contributed by atoms with Crippen LogP contribution in [-0.2, 0) is 10.0 Å². The van der Waals surface area contributed by atoms with Gasteiger partial charge in [-0.3, -0.25) is 0 Å². The number of aromatic carboxylic acids is 1. The van der Waals surface area contributed by atoms with E-state index in [1.54, 1.807) is 6.92 Å². The van der Waals surface area contributed by atoms with Crippen LogP contribution in [0.15, 0.2) is 16.3 Å². The molecule has 0 amide bonds. The molecule has 0 aromatic carbocycles. The monoisotopic (exact) mass is 275 g/mol. The Kier molecular flexibility index (Phi) is 3.24. The zero-order chi connectivity index (χ0) is 12.6. The highest BCUT2D eigenvalue weighted by Crippen LogP contribution is 2.32. The van der Waals surface area contributed by atoms with Crippen LogP contribution < -0.4 is 0 Å². The quantitative estimate of drug-likeness (QED) is 0.886. The van der Waals surface area contributed by atoms with Crippen LogP contribution in [0.1, 0.15) is 29.4 Å². The smallest absolute Gasteiger partial charge is 0.345 e. The summed E-state index contributed by atoms with van der Waals surface area (Å²) < 4.78 is 25.9. The van der Waals surface area contributed by atoms with Gasteiger partial charge in [-0.05, 0) is 18.9 Å². The van der Waals surface area contributed by atoms with Gasteiger partial charge in [0.2, 0.25) is 10.0 Å². The normalized spacial score (nSPS) is 16.4. The van der Waals surface area contributed by atoms with Crippen LogP contribution in [0.5, 0.6) is 0 Å². The standard InChI is InChI=1S/C10H13NO4S2/c1-2-11(7-3-4-7)17(14,15)8-5-9(10(12)13)16-6-8/h5-7H,2-4H2,1H3,(H,12,13). The van der Waals surface area contributed by atoms with E-state index < -0.39 is 16.0 Å². The molecule has 1 heterocycles. The van der Waals surface area contributed by atoms with Gasteiger partial charge in [0.25, 0.3) is 0 Å². The highest BCUT2D eigenvalue weighted by Gasteiger charge is 2.37. The first-order valence-corrected chi connectivity index (χ1v) is 7.62. The van der Waals surface area contributed by atoms with Crippen LogP contribution in [0.25, 0.3) is 0 Å². The molecule has 0 unspecified atom stereocenters. The van der Waals surface area contributed by atoms with E-state index in [9.17, 15) is 13.2 Å². The first-order chi connectivity index (χ1) is 7.96. The second-order valence-corrected chi connectivity index (χ2v) is 6.69. The van der Waals surface area contributed by atoms with Crippen molar-refractivity contribution in [2.45, 2.75) is 30.7 Å². The second-order valence-electron chi connectivity index (χ2n) is 3.89. The number of sulfonamides is 1. The number of hydrogen-bond donors (Lipinski definition) is 1. The summed E-state index contributed by atoms with van der Waals surface area (Å²) in [4.78, 5) is 10.9. The average molecular weight is 275 g/mol. The number of carboxylic acid groups (broad SMARTS) is 1. The summed E-state index contributed by atoms with van der Waals surface area (Å²) in [6, 6.07) is 1.33. The maximum absolute atomic E-state index is 12.2. The van der Waals surface area contributed by atoms with E-state index in [1.165, 1.54) is 15.8 Å². The van der Waals surface area contributed by atoms with Crippen LogP contribution in [0, 0.1) is 0 Å². The fourth-order valence-corrected chi connectivity index (χ4v) is 4.48. The molecule has 0 saturated heterocycles. The summed E-state index contributed by atoms with van der Waals surface area (Å²) in [7, 11) is -3.52. The molecular weight excluding hydrogens is 262 g/mol. The lowest BCUT2D eigenvalue weighted by Crippen LogP contribution is -2.32. The predicted octanol–water partition coefficient (Wildman–Crippen LogP) is 1.62. The van der Waals surface area contributed by atoms with Crippen molar-refractivity contribution in [2.24, 2.45) is 0 Å². The minimum atomic E-state index is -3.52. The number of hydrogen-bond acceptors (Lipinski definition) is 4. The Hall–Kier alpha value is -0.920. The average Bonchev–Trinajstić information content (AvgIpc) is 2.94. The van der Waals surface area contributed by atoms with Crippen LogP contribution in [-0.4, -0.2) is 36.4 Å². The van der Waals surface area contributed by atoms with Gasteiger partial charge in [-0.15, -0.1) is 11.3 Å². The maximum Gasteiger partial charge on any atom is 0.345 e. The predicted molar refractivity (Wildman–Crippen MR) is 63.9 cm³/mol. The highest BCUT2D eigenvalue weighted by atomic mass is 32.2. The van der Waals surface area contributed by atoms with Gasteiger partial charge in [-0.2, -0.15) is 4.31 Å². The second kappa shape index (κ2) is 4.40. The van der Waals surface area contributed by atoms with Crippen molar-refractivity contribution in [3.8, 4) is 0 Å². The van der Waals surface area contributed by atoms with Crippen molar-refractivity contribution in [1.82, 2.24) is 4.31 Å². The zero-order valence-electron chi connectivity index (χ0n) is 9.29. The summed E-state index contributed by atoms with van der Waals surface area (Å²) in [6.45, 7) is 2.21. The van der Waals surface area contributed by atoms with E-state index >= 15 is 0 Å². The van der Waals surface area contributed by atoms with Crippen LogP contribution in [0.4, 0.5) is 0 Å². The molecule has 1 aliphatic carbocycles. The number of carbonyl (C=O) groups is 1. The molecule has 2 rings (SSSR count). The molecule has 17 heavy (non-hydrogen) atoms. The summed E-state index contributed by atoms with van der Waals surface area (Å²) in [5, 5.41) is 10.2. The van der Waals surface area contributed by atoms with Gasteiger partial charge in [0.1, 0.15) is 4.88 Å². The van der Waals surface area contributed by atoms with Gasteiger partial charge < -0.3 is 5.11 Å². The zero-order valence-corrected chi connectivity index (χ0v) is 10.9. The number of carboxylic acids is 1. The first-order valence-electron chi connectivity index (χ1n) is 5.30. The van der Waals surface area contributed by atoms with E-state index in [1.807, 2.05) is 0 Å². The number of rotatable bonds is 5. The van der Waals surface area contributed by atoms with E-state index in [0.29, 0.717) is 6.54 Å². The largest absolute Gasteiger partial charge is 0.477 e. The van der Waals surface area contributed by atoms with Crippen molar-refractivity contribution in [1.29, 1.82) is 0 Å². The minimum Gasteiger partial charge on any atom is -0.477 e. The molecule has 1 aromatic rings. The van der Waals surface area contributed by atoms with Crippen molar-refractivity contribution < 1.29 is 18.3 Å². The molecule has 1 saturated carbocycles. The molecule has 1 N–H and O–H groups in total. The molecule has 0 aliphatic heterocycles. The van der Waals surface area contributed by atoms with Gasteiger partial charge in [-0.25, -0.2) is 13.2 Å². The van der Waals surface area contributed by atoms with Crippen molar-refractivity contribution in [3.05, 3.63) is 16.3 Å². The van der Waals surface area contributed by atoms with Gasteiger partial charge in [0.05, 0.1) is 4.90 Å².